The third-order valence-electron chi connectivity index (χ3n) is 2.64. The first-order valence-corrected chi connectivity index (χ1v) is 7.36. The highest BCUT2D eigenvalue weighted by Crippen LogP contribution is 2.19. The number of likely N-dealkylation sites (N-methyl/N-ethyl adjacent to an activating group) is 1. The lowest BCUT2D eigenvalue weighted by molar-refractivity contribution is 0.0325. The van der Waals surface area contributed by atoms with Crippen LogP contribution in [0.15, 0.2) is 29.2 Å². The van der Waals surface area contributed by atoms with Gasteiger partial charge in [0, 0.05) is 18.0 Å². The zero-order valence-electron chi connectivity index (χ0n) is 11.9. The van der Waals surface area contributed by atoms with Gasteiger partial charge in [0.25, 0.3) is 5.91 Å². The van der Waals surface area contributed by atoms with Crippen molar-refractivity contribution >= 4 is 17.7 Å². The maximum atomic E-state index is 12.1. The van der Waals surface area contributed by atoms with Crippen molar-refractivity contribution in [1.29, 1.82) is 0 Å². The third-order valence-corrected chi connectivity index (χ3v) is 3.43. The van der Waals surface area contributed by atoms with E-state index in [0.29, 0.717) is 12.1 Å². The van der Waals surface area contributed by atoms with E-state index in [9.17, 15) is 9.90 Å². The van der Waals surface area contributed by atoms with Gasteiger partial charge in [0.05, 0.1) is 11.2 Å². The van der Waals surface area contributed by atoms with Gasteiger partial charge < -0.3 is 15.3 Å². The predicted octanol–water partition coefficient (Wildman–Crippen LogP) is 1.45. The van der Waals surface area contributed by atoms with Crippen molar-refractivity contribution in [1.82, 2.24) is 10.2 Å². The van der Waals surface area contributed by atoms with Crippen LogP contribution in [0.2, 0.25) is 0 Å². The summed E-state index contributed by atoms with van der Waals surface area (Å²) < 4.78 is 0. The molecule has 0 radical (unpaired) electrons. The summed E-state index contributed by atoms with van der Waals surface area (Å²) in [5.74, 6) is -0.149. The number of aliphatic hydroxyl groups is 1. The van der Waals surface area contributed by atoms with Crippen LogP contribution in [-0.2, 0) is 0 Å². The highest BCUT2D eigenvalue weighted by Gasteiger charge is 2.22. The summed E-state index contributed by atoms with van der Waals surface area (Å²) in [7, 11) is 3.78. The normalized spacial score (nSPS) is 14.2. The van der Waals surface area contributed by atoms with Gasteiger partial charge in [-0.2, -0.15) is 0 Å². The summed E-state index contributed by atoms with van der Waals surface area (Å²) >= 11 is 1.54. The molecule has 0 heterocycles. The van der Waals surface area contributed by atoms with Crippen LogP contribution < -0.4 is 5.32 Å². The molecule has 0 spiro atoms. The molecule has 19 heavy (non-hydrogen) atoms. The topological polar surface area (TPSA) is 52.6 Å². The van der Waals surface area contributed by atoms with Crippen molar-refractivity contribution in [3.05, 3.63) is 29.8 Å². The summed E-state index contributed by atoms with van der Waals surface area (Å²) in [4.78, 5) is 14.9. The van der Waals surface area contributed by atoms with E-state index in [4.69, 9.17) is 0 Å². The number of benzene rings is 1. The Balaban J connectivity index is 2.65. The second kappa shape index (κ2) is 6.93. The zero-order valence-corrected chi connectivity index (χ0v) is 12.8. The number of rotatable bonds is 6. The van der Waals surface area contributed by atoms with E-state index in [2.05, 4.69) is 5.32 Å². The SMILES string of the molecule is CSc1ccccc1C(=O)NCC(C)(O)CN(C)C. The highest BCUT2D eigenvalue weighted by molar-refractivity contribution is 7.98. The largest absolute Gasteiger partial charge is 0.387 e. The minimum absolute atomic E-state index is 0.149. The molecule has 0 aliphatic carbocycles. The van der Waals surface area contributed by atoms with Gasteiger partial charge >= 0.3 is 0 Å². The molecule has 5 heteroatoms. The lowest BCUT2D eigenvalue weighted by atomic mass is 10.1. The molecular formula is C14H22N2O2S. The standard InChI is InChI=1S/C14H22N2O2S/c1-14(18,10-16(2)3)9-15-13(17)11-7-5-6-8-12(11)19-4/h5-8,18H,9-10H2,1-4H3,(H,15,17). The molecule has 4 nitrogen and oxygen atoms in total. The zero-order chi connectivity index (χ0) is 14.5. The van der Waals surface area contributed by atoms with Crippen molar-refractivity contribution in [3.8, 4) is 0 Å². The molecule has 0 fully saturated rings. The number of thioether (sulfide) groups is 1. The smallest absolute Gasteiger partial charge is 0.252 e. The Morgan fingerprint density at radius 1 is 1.42 bits per heavy atom. The average molecular weight is 282 g/mol. The summed E-state index contributed by atoms with van der Waals surface area (Å²) in [5.41, 5.74) is -0.288. The van der Waals surface area contributed by atoms with E-state index in [1.807, 2.05) is 43.5 Å². The number of amides is 1. The van der Waals surface area contributed by atoms with Crippen LogP contribution in [0.5, 0.6) is 0 Å². The van der Waals surface area contributed by atoms with E-state index in [0.717, 1.165) is 4.90 Å². The van der Waals surface area contributed by atoms with Gasteiger partial charge in [-0.05, 0) is 39.4 Å². The molecule has 0 aromatic heterocycles. The van der Waals surface area contributed by atoms with Gasteiger partial charge in [0.2, 0.25) is 0 Å². The lowest BCUT2D eigenvalue weighted by Crippen LogP contribution is -2.47. The van der Waals surface area contributed by atoms with Gasteiger partial charge in [-0.3, -0.25) is 4.79 Å². The molecule has 0 aliphatic rings. The Kier molecular flexibility index (Phi) is 5.85. The first-order chi connectivity index (χ1) is 8.85. The Morgan fingerprint density at radius 3 is 2.63 bits per heavy atom. The number of hydrogen-bond donors (Lipinski definition) is 2. The molecule has 1 unspecified atom stereocenters. The Hall–Kier alpha value is -1.04. The number of hydrogen-bond acceptors (Lipinski definition) is 4. The quantitative estimate of drug-likeness (QED) is 0.776. The van der Waals surface area contributed by atoms with Crippen LogP contribution in [0, 0.1) is 0 Å². The van der Waals surface area contributed by atoms with E-state index in [-0.39, 0.29) is 12.5 Å². The average Bonchev–Trinajstić information content (AvgIpc) is 2.34. The van der Waals surface area contributed by atoms with Crippen LogP contribution in [0.4, 0.5) is 0 Å². The van der Waals surface area contributed by atoms with Crippen molar-refractivity contribution in [2.75, 3.05) is 33.4 Å². The van der Waals surface area contributed by atoms with E-state index < -0.39 is 5.60 Å². The Morgan fingerprint density at radius 2 is 2.05 bits per heavy atom. The maximum absolute atomic E-state index is 12.1. The monoisotopic (exact) mass is 282 g/mol. The van der Waals surface area contributed by atoms with Crippen LogP contribution in [-0.4, -0.2) is 55.0 Å². The van der Waals surface area contributed by atoms with Crippen molar-refractivity contribution in [2.24, 2.45) is 0 Å². The number of nitrogens with zero attached hydrogens (tertiary/aromatic N) is 1. The summed E-state index contributed by atoms with van der Waals surface area (Å²) in [5, 5.41) is 12.9. The first kappa shape index (κ1) is 16.0. The minimum Gasteiger partial charge on any atom is -0.387 e. The van der Waals surface area contributed by atoms with Crippen molar-refractivity contribution < 1.29 is 9.90 Å². The molecule has 1 atom stereocenters. The summed E-state index contributed by atoms with van der Waals surface area (Å²) in [6.45, 7) is 2.44. The minimum atomic E-state index is -0.937. The highest BCUT2D eigenvalue weighted by atomic mass is 32.2. The Bertz CT molecular complexity index is 433. The van der Waals surface area contributed by atoms with Gasteiger partial charge in [-0.25, -0.2) is 0 Å². The molecule has 1 rings (SSSR count). The third kappa shape index (κ3) is 5.22. The molecule has 1 aromatic rings. The summed E-state index contributed by atoms with van der Waals surface area (Å²) in [6.07, 6.45) is 1.94. The van der Waals surface area contributed by atoms with Crippen LogP contribution in [0.25, 0.3) is 0 Å². The second-order valence-corrected chi connectivity index (χ2v) is 5.97. The van der Waals surface area contributed by atoms with Gasteiger partial charge in [0.15, 0.2) is 0 Å². The van der Waals surface area contributed by atoms with E-state index >= 15 is 0 Å². The molecule has 0 bridgehead atoms. The first-order valence-electron chi connectivity index (χ1n) is 6.14. The second-order valence-electron chi connectivity index (χ2n) is 5.12. The van der Waals surface area contributed by atoms with Crippen molar-refractivity contribution in [3.63, 3.8) is 0 Å². The van der Waals surface area contributed by atoms with Gasteiger partial charge in [-0.15, -0.1) is 11.8 Å². The van der Waals surface area contributed by atoms with Gasteiger partial charge in [-0.1, -0.05) is 12.1 Å². The fourth-order valence-corrected chi connectivity index (χ4v) is 2.53. The van der Waals surface area contributed by atoms with Crippen molar-refractivity contribution in [2.45, 2.75) is 17.4 Å². The molecule has 0 saturated heterocycles. The predicted molar refractivity (Wildman–Crippen MR) is 79.7 cm³/mol. The molecule has 1 aromatic carbocycles. The van der Waals surface area contributed by atoms with E-state index in [1.165, 1.54) is 11.8 Å². The summed E-state index contributed by atoms with van der Waals surface area (Å²) in [6, 6.07) is 7.46. The van der Waals surface area contributed by atoms with Gasteiger partial charge in [0.1, 0.15) is 0 Å². The fourth-order valence-electron chi connectivity index (χ4n) is 1.94. The maximum Gasteiger partial charge on any atom is 0.252 e. The van der Waals surface area contributed by atoms with E-state index in [1.54, 1.807) is 13.0 Å². The number of nitrogens with one attached hydrogen (secondary N) is 1. The number of carbonyl (C=O) groups is 1. The molecule has 0 saturated carbocycles. The lowest BCUT2D eigenvalue weighted by Gasteiger charge is -2.27. The molecule has 0 aliphatic heterocycles. The molecule has 1 amide bonds. The van der Waals surface area contributed by atoms with Crippen LogP contribution in [0.1, 0.15) is 17.3 Å². The molecule has 106 valence electrons. The molecule has 2 N–H and O–H groups in total. The molecular weight excluding hydrogens is 260 g/mol. The Labute approximate surface area is 119 Å². The number of carbonyl (C=O) groups excluding carboxylic acids is 1. The van der Waals surface area contributed by atoms with Crippen LogP contribution >= 0.6 is 11.8 Å². The fraction of sp³-hybridized carbons (Fsp3) is 0.500. The van der Waals surface area contributed by atoms with Crippen LogP contribution in [0.3, 0.4) is 0 Å².